The van der Waals surface area contributed by atoms with E-state index in [1.165, 1.54) is 23.9 Å². The van der Waals surface area contributed by atoms with E-state index in [0.29, 0.717) is 15.7 Å². The van der Waals surface area contributed by atoms with Gasteiger partial charge < -0.3 is 0 Å². The molecule has 0 heterocycles. The van der Waals surface area contributed by atoms with Crippen molar-refractivity contribution in [1.29, 1.82) is 0 Å². The van der Waals surface area contributed by atoms with E-state index in [1.807, 2.05) is 30.3 Å². The van der Waals surface area contributed by atoms with Crippen molar-refractivity contribution in [1.82, 2.24) is 0 Å². The minimum atomic E-state index is -0.385. The molecule has 0 saturated heterocycles. The summed E-state index contributed by atoms with van der Waals surface area (Å²) >= 11 is 7.28. The van der Waals surface area contributed by atoms with Gasteiger partial charge in [0.2, 0.25) is 0 Å². The molecule has 92 valence electrons. The monoisotopic (exact) mass is 279 g/mol. The lowest BCUT2D eigenvalue weighted by atomic mass is 10.2. The van der Waals surface area contributed by atoms with E-state index in [2.05, 4.69) is 0 Å². The number of benzene rings is 2. The maximum absolute atomic E-state index is 10.9. The summed E-state index contributed by atoms with van der Waals surface area (Å²) in [5, 5.41) is 11.4. The van der Waals surface area contributed by atoms with E-state index in [9.17, 15) is 10.1 Å². The number of nitrogens with zero attached hydrogens (tertiary/aromatic N) is 1. The van der Waals surface area contributed by atoms with Crippen LogP contribution in [0.15, 0.2) is 53.4 Å². The quantitative estimate of drug-likeness (QED) is 0.469. The first kappa shape index (κ1) is 12.9. The number of nitro groups is 1. The Bertz CT molecular complexity index is 560. The molecule has 0 aliphatic heterocycles. The van der Waals surface area contributed by atoms with E-state index in [4.69, 9.17) is 11.6 Å². The van der Waals surface area contributed by atoms with Crippen LogP contribution in [0.1, 0.15) is 5.56 Å². The van der Waals surface area contributed by atoms with Crippen molar-refractivity contribution in [3.05, 3.63) is 69.2 Å². The summed E-state index contributed by atoms with van der Waals surface area (Å²) in [5.41, 5.74) is 1.22. The molecule has 0 N–H and O–H groups in total. The lowest BCUT2D eigenvalue weighted by molar-refractivity contribution is -0.387. The highest BCUT2D eigenvalue weighted by molar-refractivity contribution is 7.98. The zero-order valence-electron chi connectivity index (χ0n) is 9.38. The van der Waals surface area contributed by atoms with Crippen LogP contribution in [0.2, 0.25) is 5.02 Å². The lowest BCUT2D eigenvalue weighted by Crippen LogP contribution is -1.91. The Morgan fingerprint density at radius 2 is 1.89 bits per heavy atom. The Hall–Kier alpha value is -1.52. The van der Waals surface area contributed by atoms with Gasteiger partial charge in [0.15, 0.2) is 0 Å². The number of thioether (sulfide) groups is 1. The zero-order valence-corrected chi connectivity index (χ0v) is 10.9. The summed E-state index contributed by atoms with van der Waals surface area (Å²) in [6.45, 7) is 0. The molecule has 0 spiro atoms. The standard InChI is InChI=1S/C13H10ClNO2S/c14-11-6-7-12(15(16)17)13(8-11)18-9-10-4-2-1-3-5-10/h1-8H,9H2. The van der Waals surface area contributed by atoms with Crippen LogP contribution in [-0.4, -0.2) is 4.92 Å². The molecule has 0 fully saturated rings. The highest BCUT2D eigenvalue weighted by atomic mass is 35.5. The highest BCUT2D eigenvalue weighted by Gasteiger charge is 2.14. The van der Waals surface area contributed by atoms with Crippen LogP contribution < -0.4 is 0 Å². The predicted molar refractivity (Wildman–Crippen MR) is 74.1 cm³/mol. The molecule has 0 saturated carbocycles. The van der Waals surface area contributed by atoms with Crippen molar-refractivity contribution in [2.45, 2.75) is 10.6 Å². The van der Waals surface area contributed by atoms with Gasteiger partial charge in [-0.15, -0.1) is 11.8 Å². The summed E-state index contributed by atoms with van der Waals surface area (Å²) < 4.78 is 0. The molecule has 2 aromatic rings. The van der Waals surface area contributed by atoms with Crippen LogP contribution in [0, 0.1) is 10.1 Å². The van der Waals surface area contributed by atoms with Crippen LogP contribution in [0.3, 0.4) is 0 Å². The summed E-state index contributed by atoms with van der Waals surface area (Å²) in [5.74, 6) is 0.683. The Morgan fingerprint density at radius 1 is 1.17 bits per heavy atom. The van der Waals surface area contributed by atoms with Gasteiger partial charge in [0.25, 0.3) is 5.69 Å². The van der Waals surface area contributed by atoms with E-state index in [-0.39, 0.29) is 10.6 Å². The molecule has 2 rings (SSSR count). The third kappa shape index (κ3) is 3.24. The van der Waals surface area contributed by atoms with Crippen LogP contribution in [0.4, 0.5) is 5.69 Å². The van der Waals surface area contributed by atoms with Crippen LogP contribution >= 0.6 is 23.4 Å². The van der Waals surface area contributed by atoms with Gasteiger partial charge in [0.1, 0.15) is 0 Å². The number of hydrogen-bond donors (Lipinski definition) is 0. The topological polar surface area (TPSA) is 43.1 Å². The maximum atomic E-state index is 10.9. The number of hydrogen-bond acceptors (Lipinski definition) is 3. The average Bonchev–Trinajstić information content (AvgIpc) is 2.37. The van der Waals surface area contributed by atoms with Crippen LogP contribution in [0.5, 0.6) is 0 Å². The van der Waals surface area contributed by atoms with Crippen molar-refractivity contribution in [3.63, 3.8) is 0 Å². The number of nitro benzene ring substituents is 1. The first-order valence-corrected chi connectivity index (χ1v) is 6.64. The molecule has 0 aromatic heterocycles. The molecular weight excluding hydrogens is 270 g/mol. The summed E-state index contributed by atoms with van der Waals surface area (Å²) in [4.78, 5) is 11.1. The SMILES string of the molecule is O=[N+]([O-])c1ccc(Cl)cc1SCc1ccccc1. The van der Waals surface area contributed by atoms with Gasteiger partial charge in [-0.2, -0.15) is 0 Å². The van der Waals surface area contributed by atoms with Gasteiger partial charge in [-0.3, -0.25) is 10.1 Å². The second-order valence-electron chi connectivity index (χ2n) is 3.64. The summed E-state index contributed by atoms with van der Waals surface area (Å²) in [7, 11) is 0. The second-order valence-corrected chi connectivity index (χ2v) is 5.10. The molecule has 0 unspecified atom stereocenters. The van der Waals surface area contributed by atoms with E-state index < -0.39 is 0 Å². The minimum Gasteiger partial charge on any atom is -0.258 e. The van der Waals surface area contributed by atoms with Crippen molar-refractivity contribution in [3.8, 4) is 0 Å². The number of halogens is 1. The van der Waals surface area contributed by atoms with Gasteiger partial charge in [0, 0.05) is 16.8 Å². The fraction of sp³-hybridized carbons (Fsp3) is 0.0769. The molecule has 0 atom stereocenters. The highest BCUT2D eigenvalue weighted by Crippen LogP contribution is 2.33. The molecule has 0 aliphatic rings. The molecule has 0 radical (unpaired) electrons. The third-order valence-electron chi connectivity index (χ3n) is 2.36. The molecule has 0 aliphatic carbocycles. The van der Waals surface area contributed by atoms with Crippen molar-refractivity contribution in [2.75, 3.05) is 0 Å². The minimum absolute atomic E-state index is 0.0975. The fourth-order valence-corrected chi connectivity index (χ4v) is 2.74. The molecular formula is C13H10ClNO2S. The van der Waals surface area contributed by atoms with Crippen LogP contribution in [0.25, 0.3) is 0 Å². The number of rotatable bonds is 4. The first-order valence-electron chi connectivity index (χ1n) is 5.27. The fourth-order valence-electron chi connectivity index (χ4n) is 1.49. The Morgan fingerprint density at radius 3 is 2.56 bits per heavy atom. The van der Waals surface area contributed by atoms with Crippen molar-refractivity contribution < 1.29 is 4.92 Å². The molecule has 0 bridgehead atoms. The summed E-state index contributed by atoms with van der Waals surface area (Å²) in [6, 6.07) is 14.4. The zero-order chi connectivity index (χ0) is 13.0. The maximum Gasteiger partial charge on any atom is 0.282 e. The summed E-state index contributed by atoms with van der Waals surface area (Å²) in [6.07, 6.45) is 0. The first-order chi connectivity index (χ1) is 8.66. The predicted octanol–water partition coefficient (Wildman–Crippen LogP) is 4.54. The van der Waals surface area contributed by atoms with Gasteiger partial charge in [-0.1, -0.05) is 41.9 Å². The Kier molecular flexibility index (Phi) is 4.23. The molecule has 2 aromatic carbocycles. The van der Waals surface area contributed by atoms with Gasteiger partial charge in [-0.25, -0.2) is 0 Å². The molecule has 5 heteroatoms. The Balaban J connectivity index is 2.18. The normalized spacial score (nSPS) is 10.3. The smallest absolute Gasteiger partial charge is 0.258 e. The van der Waals surface area contributed by atoms with E-state index in [1.54, 1.807) is 6.07 Å². The van der Waals surface area contributed by atoms with E-state index in [0.717, 1.165) is 5.56 Å². The third-order valence-corrected chi connectivity index (χ3v) is 3.71. The van der Waals surface area contributed by atoms with Gasteiger partial charge in [0.05, 0.1) is 9.82 Å². The second kappa shape index (κ2) is 5.89. The molecule has 3 nitrogen and oxygen atoms in total. The Labute approximate surface area is 114 Å². The largest absolute Gasteiger partial charge is 0.282 e. The molecule has 18 heavy (non-hydrogen) atoms. The van der Waals surface area contributed by atoms with E-state index >= 15 is 0 Å². The van der Waals surface area contributed by atoms with Gasteiger partial charge in [-0.05, 0) is 17.7 Å². The molecule has 0 amide bonds. The van der Waals surface area contributed by atoms with Crippen LogP contribution in [-0.2, 0) is 5.75 Å². The van der Waals surface area contributed by atoms with Crippen molar-refractivity contribution >= 4 is 29.1 Å². The average molecular weight is 280 g/mol. The van der Waals surface area contributed by atoms with Gasteiger partial charge >= 0.3 is 0 Å². The lowest BCUT2D eigenvalue weighted by Gasteiger charge is -2.03. The van der Waals surface area contributed by atoms with Crippen molar-refractivity contribution in [2.24, 2.45) is 0 Å².